The number of carbonyl (C=O) groups excluding carboxylic acids is 2. The molecule has 1 aromatic heterocycles. The average molecular weight is 479 g/mol. The molecule has 0 saturated carbocycles. The lowest BCUT2D eigenvalue weighted by atomic mass is 9.97. The van der Waals surface area contributed by atoms with Gasteiger partial charge in [0.2, 0.25) is 5.91 Å². The zero-order valence-corrected chi connectivity index (χ0v) is 20.2. The fourth-order valence-electron chi connectivity index (χ4n) is 4.45. The maximum Gasteiger partial charge on any atom is 0.350 e. The van der Waals surface area contributed by atoms with E-state index in [-0.39, 0.29) is 24.3 Å². The lowest BCUT2D eigenvalue weighted by Crippen LogP contribution is -2.39. The Bertz CT molecular complexity index is 1290. The third-order valence-corrected chi connectivity index (χ3v) is 6.21. The Balaban J connectivity index is 1.58. The molecule has 1 amide bonds. The number of aryl methyl sites for hydroxylation is 1. The van der Waals surface area contributed by atoms with Gasteiger partial charge in [-0.15, -0.1) is 0 Å². The predicted octanol–water partition coefficient (Wildman–Crippen LogP) is 3.13. The normalized spacial score (nSPS) is 14.1. The van der Waals surface area contributed by atoms with E-state index >= 15 is 0 Å². The minimum Gasteiger partial charge on any atom is -0.495 e. The molecule has 0 aliphatic carbocycles. The Morgan fingerprint density at radius 3 is 2.60 bits per heavy atom. The van der Waals surface area contributed by atoms with Crippen LogP contribution in [-0.4, -0.2) is 48.2 Å². The van der Waals surface area contributed by atoms with Gasteiger partial charge >= 0.3 is 11.7 Å². The number of para-hydroxylation sites is 1. The molecule has 35 heavy (non-hydrogen) atoms. The van der Waals surface area contributed by atoms with Crippen molar-refractivity contribution in [1.82, 2.24) is 9.55 Å². The Morgan fingerprint density at radius 1 is 1.14 bits per heavy atom. The minimum absolute atomic E-state index is 0.139. The smallest absolute Gasteiger partial charge is 0.350 e. The first-order valence-corrected chi connectivity index (χ1v) is 11.8. The lowest BCUT2D eigenvalue weighted by molar-refractivity contribution is -0.148. The molecule has 3 aromatic rings. The van der Waals surface area contributed by atoms with Crippen molar-refractivity contribution in [2.75, 3.05) is 37.0 Å². The summed E-state index contributed by atoms with van der Waals surface area (Å²) in [5.74, 6) is 0.452. The summed E-state index contributed by atoms with van der Waals surface area (Å²) in [6, 6.07) is 12.9. The van der Waals surface area contributed by atoms with Crippen LogP contribution >= 0.6 is 0 Å². The summed E-state index contributed by atoms with van der Waals surface area (Å²) in [6.07, 6.45) is 1.28. The molecule has 0 spiro atoms. The standard InChI is InChI=1S/C26H30N4O5/c1-4-35-25(32)18-11-13-29(14-12-18)24-19-7-5-6-8-21(19)30(26(33)28-24)16-23(31)27-20-15-17(2)9-10-22(20)34-3/h5-10,15,18H,4,11-14,16H2,1-3H3,(H,27,31). The third-order valence-electron chi connectivity index (χ3n) is 6.21. The molecule has 2 aromatic carbocycles. The zero-order valence-electron chi connectivity index (χ0n) is 20.2. The van der Waals surface area contributed by atoms with E-state index in [1.807, 2.05) is 48.2 Å². The number of esters is 1. The van der Waals surface area contributed by atoms with Gasteiger partial charge in [-0.1, -0.05) is 18.2 Å². The second-order valence-electron chi connectivity index (χ2n) is 8.59. The number of piperidine rings is 1. The molecule has 0 radical (unpaired) electrons. The van der Waals surface area contributed by atoms with E-state index in [4.69, 9.17) is 9.47 Å². The van der Waals surface area contributed by atoms with Crippen LogP contribution in [0.3, 0.4) is 0 Å². The Kier molecular flexibility index (Phi) is 7.33. The van der Waals surface area contributed by atoms with Crippen LogP contribution in [-0.2, 0) is 20.9 Å². The van der Waals surface area contributed by atoms with Gasteiger partial charge in [-0.25, -0.2) is 4.79 Å². The molecule has 9 heteroatoms. The van der Waals surface area contributed by atoms with Crippen molar-refractivity contribution >= 4 is 34.3 Å². The summed E-state index contributed by atoms with van der Waals surface area (Å²) in [4.78, 5) is 44.4. The first-order chi connectivity index (χ1) is 16.9. The van der Waals surface area contributed by atoms with Crippen LogP contribution in [0.2, 0.25) is 0 Å². The van der Waals surface area contributed by atoms with Gasteiger partial charge in [0.25, 0.3) is 0 Å². The number of nitrogens with zero attached hydrogens (tertiary/aromatic N) is 3. The van der Waals surface area contributed by atoms with Gasteiger partial charge in [-0.3, -0.25) is 14.2 Å². The number of hydrogen-bond donors (Lipinski definition) is 1. The molecule has 0 atom stereocenters. The average Bonchev–Trinajstić information content (AvgIpc) is 2.86. The number of fused-ring (bicyclic) bond motifs is 1. The van der Waals surface area contributed by atoms with Crippen molar-refractivity contribution in [3.8, 4) is 5.75 Å². The highest BCUT2D eigenvalue weighted by atomic mass is 16.5. The largest absolute Gasteiger partial charge is 0.495 e. The van der Waals surface area contributed by atoms with E-state index in [0.717, 1.165) is 10.9 Å². The summed E-state index contributed by atoms with van der Waals surface area (Å²) in [5, 5.41) is 3.62. The molecule has 1 N–H and O–H groups in total. The van der Waals surface area contributed by atoms with Crippen LogP contribution in [0.1, 0.15) is 25.3 Å². The number of carbonyl (C=O) groups is 2. The summed E-state index contributed by atoms with van der Waals surface area (Å²) in [7, 11) is 1.54. The Morgan fingerprint density at radius 2 is 1.89 bits per heavy atom. The maximum atomic E-state index is 13.1. The van der Waals surface area contributed by atoms with Gasteiger partial charge in [-0.2, -0.15) is 4.98 Å². The number of hydrogen-bond acceptors (Lipinski definition) is 7. The van der Waals surface area contributed by atoms with Gasteiger partial charge in [0.05, 0.1) is 30.8 Å². The van der Waals surface area contributed by atoms with Crippen molar-refractivity contribution in [2.45, 2.75) is 33.2 Å². The molecule has 2 heterocycles. The molecule has 9 nitrogen and oxygen atoms in total. The number of methoxy groups -OCH3 is 1. The number of benzene rings is 2. The summed E-state index contributed by atoms with van der Waals surface area (Å²) < 4.78 is 11.9. The molecular formula is C26H30N4O5. The SMILES string of the molecule is CCOC(=O)C1CCN(c2nc(=O)n(CC(=O)Nc3cc(C)ccc3OC)c3ccccc23)CC1. The fraction of sp³-hybridized carbons (Fsp3) is 0.385. The molecule has 0 bridgehead atoms. The van der Waals surface area contributed by atoms with Crippen LogP contribution < -0.4 is 20.6 Å². The third kappa shape index (κ3) is 5.29. The highest BCUT2D eigenvalue weighted by molar-refractivity contribution is 5.94. The highest BCUT2D eigenvalue weighted by Crippen LogP contribution is 2.28. The Hall–Kier alpha value is -3.88. The van der Waals surface area contributed by atoms with Crippen molar-refractivity contribution in [3.63, 3.8) is 0 Å². The molecule has 1 aliphatic rings. The van der Waals surface area contributed by atoms with Crippen LogP contribution in [0.5, 0.6) is 5.75 Å². The summed E-state index contributed by atoms with van der Waals surface area (Å²) in [5.41, 5.74) is 1.64. The second kappa shape index (κ2) is 10.6. The van der Waals surface area contributed by atoms with Crippen molar-refractivity contribution in [1.29, 1.82) is 0 Å². The van der Waals surface area contributed by atoms with E-state index in [2.05, 4.69) is 10.3 Å². The molecule has 4 rings (SSSR count). The first kappa shape index (κ1) is 24.3. The van der Waals surface area contributed by atoms with E-state index in [9.17, 15) is 14.4 Å². The van der Waals surface area contributed by atoms with Crippen LogP contribution in [0.15, 0.2) is 47.3 Å². The lowest BCUT2D eigenvalue weighted by Gasteiger charge is -2.32. The van der Waals surface area contributed by atoms with Gasteiger partial charge < -0.3 is 19.7 Å². The van der Waals surface area contributed by atoms with Crippen molar-refractivity contribution in [2.24, 2.45) is 5.92 Å². The Labute approximate surface area is 203 Å². The quantitative estimate of drug-likeness (QED) is 0.521. The first-order valence-electron chi connectivity index (χ1n) is 11.8. The molecular weight excluding hydrogens is 448 g/mol. The van der Waals surface area contributed by atoms with Gasteiger partial charge in [0.1, 0.15) is 18.1 Å². The number of anilines is 2. The highest BCUT2D eigenvalue weighted by Gasteiger charge is 2.28. The van der Waals surface area contributed by atoms with Crippen LogP contribution in [0.4, 0.5) is 11.5 Å². The molecule has 184 valence electrons. The van der Waals surface area contributed by atoms with Gasteiger partial charge in [-0.05, 0) is 56.5 Å². The predicted molar refractivity (Wildman–Crippen MR) is 134 cm³/mol. The maximum absolute atomic E-state index is 13.1. The van der Waals surface area contributed by atoms with Crippen LogP contribution in [0, 0.1) is 12.8 Å². The van der Waals surface area contributed by atoms with Crippen molar-refractivity contribution in [3.05, 3.63) is 58.5 Å². The fourth-order valence-corrected chi connectivity index (χ4v) is 4.45. The van der Waals surface area contributed by atoms with E-state index in [1.54, 1.807) is 13.0 Å². The zero-order chi connectivity index (χ0) is 24.9. The number of nitrogens with one attached hydrogen (secondary N) is 1. The molecule has 1 fully saturated rings. The van der Waals surface area contributed by atoms with Crippen LogP contribution in [0.25, 0.3) is 10.9 Å². The van der Waals surface area contributed by atoms with E-state index in [1.165, 1.54) is 11.7 Å². The van der Waals surface area contributed by atoms with Crippen molar-refractivity contribution < 1.29 is 19.1 Å². The molecule has 1 aliphatic heterocycles. The number of aromatic nitrogens is 2. The van der Waals surface area contributed by atoms with E-state index in [0.29, 0.717) is 55.3 Å². The number of amides is 1. The van der Waals surface area contributed by atoms with Gasteiger partial charge in [0.15, 0.2) is 0 Å². The molecule has 0 unspecified atom stereocenters. The van der Waals surface area contributed by atoms with E-state index < -0.39 is 5.69 Å². The second-order valence-corrected chi connectivity index (χ2v) is 8.59. The molecule has 1 saturated heterocycles. The minimum atomic E-state index is -0.502. The summed E-state index contributed by atoms with van der Waals surface area (Å²) in [6.45, 7) is 5.10. The number of rotatable bonds is 7. The topological polar surface area (TPSA) is 103 Å². The summed E-state index contributed by atoms with van der Waals surface area (Å²) >= 11 is 0. The monoisotopic (exact) mass is 478 g/mol. The van der Waals surface area contributed by atoms with Gasteiger partial charge in [0, 0.05) is 18.5 Å². The number of ether oxygens (including phenoxy) is 2.